The van der Waals surface area contributed by atoms with Crippen LogP contribution in [-0.2, 0) is 0 Å². The molecule has 3 aromatic rings. The van der Waals surface area contributed by atoms with Crippen molar-refractivity contribution in [3.63, 3.8) is 0 Å². The Morgan fingerprint density at radius 1 is 1.03 bits per heavy atom. The summed E-state index contributed by atoms with van der Waals surface area (Å²) in [6.45, 7) is 1.68. The summed E-state index contributed by atoms with van der Waals surface area (Å²) in [7, 11) is 0. The first-order valence-electron chi connectivity index (χ1n) is 10.0. The third-order valence-electron chi connectivity index (χ3n) is 5.17. The summed E-state index contributed by atoms with van der Waals surface area (Å²) < 4.78 is 14.1. The molecule has 0 saturated carbocycles. The lowest BCUT2D eigenvalue weighted by molar-refractivity contribution is -0.383. The van der Waals surface area contributed by atoms with Crippen LogP contribution >= 0.6 is 11.6 Å². The molecule has 0 bridgehead atoms. The number of carbonyl (C=O) groups excluding carboxylic acids is 1. The number of amides is 1. The number of hydrogen-bond acceptors (Lipinski definition) is 8. The Labute approximate surface area is 193 Å². The first-order chi connectivity index (χ1) is 16.0. The normalized spacial score (nSPS) is 13.5. The van der Waals surface area contributed by atoms with Gasteiger partial charge in [-0.25, -0.2) is 14.4 Å². The SMILES string of the molecule is O=C(NNc1ncnc(N2CCN(c3ccccc3F)CC2)c1[N+](=O)[O-])c1ccccc1Cl. The van der Waals surface area contributed by atoms with Crippen LogP contribution in [0.25, 0.3) is 0 Å². The van der Waals surface area contributed by atoms with Gasteiger partial charge in [0.25, 0.3) is 5.91 Å². The van der Waals surface area contributed by atoms with Gasteiger partial charge in [-0.1, -0.05) is 35.9 Å². The van der Waals surface area contributed by atoms with Crippen LogP contribution in [0.4, 0.5) is 27.4 Å². The van der Waals surface area contributed by atoms with Gasteiger partial charge < -0.3 is 9.80 Å². The molecule has 1 amide bonds. The number of carbonyl (C=O) groups is 1. The van der Waals surface area contributed by atoms with E-state index in [1.54, 1.807) is 41.3 Å². The Hall–Kier alpha value is -3.99. The third kappa shape index (κ3) is 4.77. The second kappa shape index (κ2) is 9.65. The average molecular weight is 472 g/mol. The van der Waals surface area contributed by atoms with E-state index in [1.165, 1.54) is 18.5 Å². The predicted octanol–water partition coefficient (Wildman–Crippen LogP) is 3.26. The maximum Gasteiger partial charge on any atom is 0.355 e. The topological polar surface area (TPSA) is 117 Å². The molecule has 1 aliphatic heterocycles. The number of aromatic nitrogens is 2. The number of anilines is 3. The summed E-state index contributed by atoms with van der Waals surface area (Å²) in [5.74, 6) is -0.951. The molecule has 1 saturated heterocycles. The highest BCUT2D eigenvalue weighted by Crippen LogP contribution is 2.32. The highest BCUT2D eigenvalue weighted by molar-refractivity contribution is 6.33. The van der Waals surface area contributed by atoms with E-state index < -0.39 is 10.8 Å². The summed E-state index contributed by atoms with van der Waals surface area (Å²) in [4.78, 5) is 35.3. The molecular formula is C21H19ClFN7O3. The second-order valence-corrected chi connectivity index (χ2v) is 7.54. The number of nitrogens with zero attached hydrogens (tertiary/aromatic N) is 5. The molecule has 1 aliphatic rings. The predicted molar refractivity (Wildman–Crippen MR) is 122 cm³/mol. The molecule has 1 aromatic heterocycles. The van der Waals surface area contributed by atoms with Gasteiger partial charge in [0.05, 0.1) is 21.2 Å². The minimum absolute atomic E-state index is 0.109. The molecule has 0 aliphatic carbocycles. The van der Waals surface area contributed by atoms with Gasteiger partial charge in [-0.15, -0.1) is 0 Å². The molecule has 0 spiro atoms. The van der Waals surface area contributed by atoms with Crippen LogP contribution in [0.3, 0.4) is 0 Å². The summed E-state index contributed by atoms with van der Waals surface area (Å²) in [5, 5.41) is 12.1. The summed E-state index contributed by atoms with van der Waals surface area (Å²) in [5.41, 5.74) is 5.19. The quantitative estimate of drug-likeness (QED) is 0.415. The zero-order chi connectivity index (χ0) is 23.4. The number of para-hydroxylation sites is 1. The minimum atomic E-state index is -0.609. The average Bonchev–Trinajstić information content (AvgIpc) is 2.83. The largest absolute Gasteiger partial charge is 0.366 e. The number of rotatable bonds is 6. The van der Waals surface area contributed by atoms with Crippen LogP contribution in [0.5, 0.6) is 0 Å². The van der Waals surface area contributed by atoms with E-state index in [0.29, 0.717) is 31.9 Å². The zero-order valence-electron chi connectivity index (χ0n) is 17.2. The van der Waals surface area contributed by atoms with Gasteiger partial charge in [-0.2, -0.15) is 0 Å². The van der Waals surface area contributed by atoms with Gasteiger partial charge in [0.1, 0.15) is 12.1 Å². The van der Waals surface area contributed by atoms with E-state index in [2.05, 4.69) is 20.8 Å². The van der Waals surface area contributed by atoms with E-state index in [4.69, 9.17) is 11.6 Å². The molecule has 2 heterocycles. The van der Waals surface area contributed by atoms with E-state index in [0.717, 1.165) is 0 Å². The molecular weight excluding hydrogens is 453 g/mol. The summed E-state index contributed by atoms with van der Waals surface area (Å²) >= 11 is 6.02. The maximum atomic E-state index is 14.1. The van der Waals surface area contributed by atoms with Gasteiger partial charge in [0.15, 0.2) is 0 Å². The van der Waals surface area contributed by atoms with Crippen molar-refractivity contribution in [1.82, 2.24) is 15.4 Å². The number of nitrogens with one attached hydrogen (secondary N) is 2. The summed E-state index contributed by atoms with van der Waals surface area (Å²) in [6, 6.07) is 12.9. The van der Waals surface area contributed by atoms with E-state index >= 15 is 0 Å². The molecule has 4 rings (SSSR count). The van der Waals surface area contributed by atoms with Crippen LogP contribution < -0.4 is 20.7 Å². The number of halogens is 2. The van der Waals surface area contributed by atoms with Crippen LogP contribution in [-0.4, -0.2) is 47.0 Å². The molecule has 170 valence electrons. The van der Waals surface area contributed by atoms with Gasteiger partial charge in [-0.3, -0.25) is 25.8 Å². The first kappa shape index (κ1) is 22.2. The van der Waals surface area contributed by atoms with Crippen molar-refractivity contribution < 1.29 is 14.1 Å². The Morgan fingerprint density at radius 3 is 2.39 bits per heavy atom. The molecule has 12 heteroatoms. The molecule has 2 N–H and O–H groups in total. The molecule has 10 nitrogen and oxygen atoms in total. The fourth-order valence-corrected chi connectivity index (χ4v) is 3.78. The monoisotopic (exact) mass is 471 g/mol. The zero-order valence-corrected chi connectivity index (χ0v) is 18.0. The number of hydrogen-bond donors (Lipinski definition) is 2. The number of nitro groups is 1. The van der Waals surface area contributed by atoms with Gasteiger partial charge in [-0.05, 0) is 24.3 Å². The van der Waals surface area contributed by atoms with Crippen molar-refractivity contribution in [3.05, 3.63) is 81.4 Å². The van der Waals surface area contributed by atoms with Crippen molar-refractivity contribution in [2.45, 2.75) is 0 Å². The lowest BCUT2D eigenvalue weighted by Crippen LogP contribution is -2.47. The number of hydrazine groups is 1. The van der Waals surface area contributed by atoms with Gasteiger partial charge in [0.2, 0.25) is 11.6 Å². The highest BCUT2D eigenvalue weighted by Gasteiger charge is 2.30. The lowest BCUT2D eigenvalue weighted by Gasteiger charge is -2.36. The van der Waals surface area contributed by atoms with Crippen LogP contribution in [0.15, 0.2) is 54.9 Å². The van der Waals surface area contributed by atoms with E-state index in [9.17, 15) is 19.3 Å². The van der Waals surface area contributed by atoms with E-state index in [1.807, 2.05) is 4.90 Å². The van der Waals surface area contributed by atoms with Crippen LogP contribution in [0.1, 0.15) is 10.4 Å². The Balaban J connectivity index is 1.50. The van der Waals surface area contributed by atoms with Crippen LogP contribution in [0.2, 0.25) is 5.02 Å². The Bertz CT molecular complexity index is 1190. The number of piperazine rings is 1. The van der Waals surface area contributed by atoms with Crippen molar-refractivity contribution in [1.29, 1.82) is 0 Å². The minimum Gasteiger partial charge on any atom is -0.366 e. The first-order valence-corrected chi connectivity index (χ1v) is 10.4. The fourth-order valence-electron chi connectivity index (χ4n) is 3.56. The standard InChI is InChI=1S/C21H19ClFN7O3/c22-15-6-2-1-5-14(15)21(31)27-26-19-18(30(32)33)20(25-13-24-19)29-11-9-28(10-12-29)17-8-4-3-7-16(17)23/h1-8,13H,9-12H2,(H,27,31)(H,24,25,26). The van der Waals surface area contributed by atoms with Crippen LogP contribution in [0, 0.1) is 15.9 Å². The lowest BCUT2D eigenvalue weighted by atomic mass is 10.2. The Morgan fingerprint density at radius 2 is 1.70 bits per heavy atom. The van der Waals surface area contributed by atoms with E-state index in [-0.39, 0.29) is 33.7 Å². The molecule has 1 fully saturated rings. The molecule has 0 atom stereocenters. The fraction of sp³-hybridized carbons (Fsp3) is 0.190. The molecule has 33 heavy (non-hydrogen) atoms. The van der Waals surface area contributed by atoms with Crippen molar-refractivity contribution in [2.24, 2.45) is 0 Å². The highest BCUT2D eigenvalue weighted by atomic mass is 35.5. The summed E-state index contributed by atoms with van der Waals surface area (Å²) in [6.07, 6.45) is 1.18. The smallest absolute Gasteiger partial charge is 0.355 e. The molecule has 0 radical (unpaired) electrons. The van der Waals surface area contributed by atoms with Crippen molar-refractivity contribution >= 4 is 40.5 Å². The Kier molecular flexibility index (Phi) is 6.50. The maximum absolute atomic E-state index is 14.1. The molecule has 0 unspecified atom stereocenters. The van der Waals surface area contributed by atoms with Gasteiger partial charge >= 0.3 is 5.69 Å². The van der Waals surface area contributed by atoms with Gasteiger partial charge in [0, 0.05) is 26.2 Å². The second-order valence-electron chi connectivity index (χ2n) is 7.14. The molecule has 2 aromatic carbocycles. The van der Waals surface area contributed by atoms with Crippen molar-refractivity contribution in [3.8, 4) is 0 Å². The third-order valence-corrected chi connectivity index (χ3v) is 5.50. The van der Waals surface area contributed by atoms with Crippen molar-refractivity contribution in [2.75, 3.05) is 41.4 Å². The number of benzene rings is 2.